The Morgan fingerprint density at radius 2 is 1.63 bits per heavy atom. The van der Waals surface area contributed by atoms with E-state index in [4.69, 9.17) is 16.3 Å². The summed E-state index contributed by atoms with van der Waals surface area (Å²) in [6, 6.07) is 19.1. The maximum atomic E-state index is 12.2. The van der Waals surface area contributed by atoms with Gasteiger partial charge in [-0.2, -0.15) is 5.26 Å². The standard InChI is InChI=1S/C31H40ClNO2/c1-4-5-6-7-18-31(22-33)19-16-27(17-20-31)25-10-8-24(9-11-25)26-12-14-28(15-13-26)35-30(34)29(32)21-23(2)3/h8-15,23,27,29H,4-7,16-21H2,1-3H3. The van der Waals surface area contributed by atoms with E-state index >= 15 is 0 Å². The number of carbonyl (C=O) groups excluding carboxylic acids is 1. The van der Waals surface area contributed by atoms with Crippen molar-refractivity contribution in [1.29, 1.82) is 5.26 Å². The van der Waals surface area contributed by atoms with Crippen LogP contribution in [0.2, 0.25) is 0 Å². The lowest BCUT2D eigenvalue weighted by molar-refractivity contribution is -0.134. The predicted molar refractivity (Wildman–Crippen MR) is 145 cm³/mol. The number of ether oxygens (including phenoxy) is 1. The Balaban J connectivity index is 1.55. The van der Waals surface area contributed by atoms with Crippen LogP contribution >= 0.6 is 11.6 Å². The number of esters is 1. The van der Waals surface area contributed by atoms with Gasteiger partial charge >= 0.3 is 5.97 Å². The zero-order valence-electron chi connectivity index (χ0n) is 21.6. The van der Waals surface area contributed by atoms with Crippen molar-refractivity contribution in [2.24, 2.45) is 11.3 Å². The molecule has 0 amide bonds. The number of rotatable bonds is 11. The third kappa shape index (κ3) is 7.84. The molecule has 1 aliphatic carbocycles. The van der Waals surface area contributed by atoms with Crippen molar-refractivity contribution in [3.05, 3.63) is 54.1 Å². The van der Waals surface area contributed by atoms with Gasteiger partial charge in [0.2, 0.25) is 0 Å². The summed E-state index contributed by atoms with van der Waals surface area (Å²) in [7, 11) is 0. The van der Waals surface area contributed by atoms with Crippen molar-refractivity contribution < 1.29 is 9.53 Å². The Morgan fingerprint density at radius 1 is 1.03 bits per heavy atom. The van der Waals surface area contributed by atoms with Gasteiger partial charge in [-0.1, -0.05) is 82.9 Å². The van der Waals surface area contributed by atoms with Crippen LogP contribution in [-0.4, -0.2) is 11.3 Å². The van der Waals surface area contributed by atoms with E-state index in [2.05, 4.69) is 37.3 Å². The predicted octanol–water partition coefficient (Wildman–Crippen LogP) is 9.05. The molecule has 2 aromatic rings. The molecule has 0 aliphatic heterocycles. The molecule has 188 valence electrons. The van der Waals surface area contributed by atoms with Gasteiger partial charge in [-0.3, -0.25) is 4.79 Å². The van der Waals surface area contributed by atoms with E-state index in [0.717, 1.165) is 43.2 Å². The first-order valence-corrected chi connectivity index (χ1v) is 13.8. The monoisotopic (exact) mass is 493 g/mol. The molecule has 1 atom stereocenters. The van der Waals surface area contributed by atoms with Crippen LogP contribution < -0.4 is 4.74 Å². The number of alkyl halides is 1. The summed E-state index contributed by atoms with van der Waals surface area (Å²) in [5.41, 5.74) is 3.49. The van der Waals surface area contributed by atoms with Crippen LogP contribution in [0.4, 0.5) is 0 Å². The topological polar surface area (TPSA) is 50.1 Å². The summed E-state index contributed by atoms with van der Waals surface area (Å²) in [6.07, 6.45) is 10.8. The molecule has 1 unspecified atom stereocenters. The molecule has 3 rings (SSSR count). The maximum Gasteiger partial charge on any atom is 0.329 e. The van der Waals surface area contributed by atoms with E-state index in [0.29, 0.717) is 24.0 Å². The number of halogens is 1. The number of carbonyl (C=O) groups is 1. The van der Waals surface area contributed by atoms with Gasteiger partial charge in [-0.25, -0.2) is 0 Å². The van der Waals surface area contributed by atoms with Gasteiger partial charge in [-0.05, 0) is 79.2 Å². The van der Waals surface area contributed by atoms with Crippen LogP contribution in [0.3, 0.4) is 0 Å². The minimum Gasteiger partial charge on any atom is -0.425 e. The first kappa shape index (κ1) is 27.3. The SMILES string of the molecule is CCCCCCC1(C#N)CCC(c2ccc(-c3ccc(OC(=O)C(Cl)CC(C)C)cc3)cc2)CC1. The van der Waals surface area contributed by atoms with Crippen molar-refractivity contribution in [3.8, 4) is 22.9 Å². The molecule has 2 aromatic carbocycles. The second-order valence-corrected chi connectivity index (χ2v) is 11.2. The molecule has 1 saturated carbocycles. The zero-order chi connectivity index (χ0) is 25.3. The summed E-state index contributed by atoms with van der Waals surface area (Å²) in [5, 5.41) is 9.24. The van der Waals surface area contributed by atoms with Crippen LogP contribution in [0.5, 0.6) is 5.75 Å². The summed E-state index contributed by atoms with van der Waals surface area (Å²) < 4.78 is 5.44. The first-order valence-electron chi connectivity index (χ1n) is 13.3. The second-order valence-electron chi connectivity index (χ2n) is 10.6. The highest BCUT2D eigenvalue weighted by molar-refractivity contribution is 6.30. The van der Waals surface area contributed by atoms with E-state index in [-0.39, 0.29) is 5.41 Å². The molecule has 1 aliphatic rings. The van der Waals surface area contributed by atoms with Gasteiger partial charge in [0.05, 0.1) is 11.5 Å². The largest absolute Gasteiger partial charge is 0.425 e. The van der Waals surface area contributed by atoms with Crippen molar-refractivity contribution >= 4 is 17.6 Å². The van der Waals surface area contributed by atoms with Crippen LogP contribution in [0.1, 0.15) is 96.5 Å². The maximum absolute atomic E-state index is 12.2. The molecule has 0 heterocycles. The van der Waals surface area contributed by atoms with Crippen LogP contribution in [-0.2, 0) is 4.79 Å². The molecule has 0 bridgehead atoms. The Morgan fingerprint density at radius 3 is 2.17 bits per heavy atom. The summed E-state index contributed by atoms with van der Waals surface area (Å²) in [5.74, 6) is 1.000. The van der Waals surface area contributed by atoms with Gasteiger partial charge in [0, 0.05) is 0 Å². The van der Waals surface area contributed by atoms with Crippen LogP contribution in [0, 0.1) is 22.7 Å². The molecule has 0 aromatic heterocycles. The minimum atomic E-state index is -0.624. The number of benzene rings is 2. The molecular weight excluding hydrogens is 454 g/mol. The Hall–Kier alpha value is -2.31. The van der Waals surface area contributed by atoms with E-state index in [1.54, 1.807) is 0 Å². The Bertz CT molecular complexity index is 967. The highest BCUT2D eigenvalue weighted by Crippen LogP contribution is 2.45. The minimum absolute atomic E-state index is 0.104. The lowest BCUT2D eigenvalue weighted by Gasteiger charge is -2.35. The van der Waals surface area contributed by atoms with Gasteiger partial charge in [-0.15, -0.1) is 11.6 Å². The number of hydrogen-bond acceptors (Lipinski definition) is 3. The van der Waals surface area contributed by atoms with Crippen LogP contribution in [0.15, 0.2) is 48.5 Å². The normalized spacial score (nSPS) is 20.9. The quantitative estimate of drug-likeness (QED) is 0.136. The lowest BCUT2D eigenvalue weighted by atomic mass is 9.67. The average molecular weight is 494 g/mol. The number of hydrogen-bond donors (Lipinski definition) is 0. The van der Waals surface area contributed by atoms with Crippen molar-refractivity contribution in [2.75, 3.05) is 0 Å². The molecule has 3 nitrogen and oxygen atoms in total. The zero-order valence-corrected chi connectivity index (χ0v) is 22.3. The Labute approximate surface area is 216 Å². The number of unbranched alkanes of at least 4 members (excludes halogenated alkanes) is 3. The van der Waals surface area contributed by atoms with E-state index in [1.807, 2.05) is 38.1 Å². The van der Waals surface area contributed by atoms with Gasteiger partial charge in [0.25, 0.3) is 0 Å². The lowest BCUT2D eigenvalue weighted by Crippen LogP contribution is -2.25. The van der Waals surface area contributed by atoms with Crippen LogP contribution in [0.25, 0.3) is 11.1 Å². The molecule has 35 heavy (non-hydrogen) atoms. The van der Waals surface area contributed by atoms with Crippen molar-refractivity contribution in [3.63, 3.8) is 0 Å². The molecule has 0 saturated heterocycles. The summed E-state index contributed by atoms with van der Waals surface area (Å²) >= 11 is 6.15. The van der Waals surface area contributed by atoms with Gasteiger partial charge < -0.3 is 4.74 Å². The smallest absolute Gasteiger partial charge is 0.329 e. The molecule has 4 heteroatoms. The highest BCUT2D eigenvalue weighted by Gasteiger charge is 2.35. The van der Waals surface area contributed by atoms with Crippen molar-refractivity contribution in [1.82, 2.24) is 0 Å². The van der Waals surface area contributed by atoms with Gasteiger partial charge in [0.1, 0.15) is 11.1 Å². The molecule has 0 spiro atoms. The fraction of sp³-hybridized carbons (Fsp3) is 0.548. The first-order chi connectivity index (χ1) is 16.9. The molecule has 0 N–H and O–H groups in total. The van der Waals surface area contributed by atoms with Gasteiger partial charge in [0.15, 0.2) is 0 Å². The Kier molecular flexibility index (Phi) is 10.2. The molecule has 1 fully saturated rings. The fourth-order valence-corrected chi connectivity index (χ4v) is 5.57. The van der Waals surface area contributed by atoms with E-state index < -0.39 is 11.3 Å². The van der Waals surface area contributed by atoms with E-state index in [9.17, 15) is 10.1 Å². The third-order valence-electron chi connectivity index (χ3n) is 7.41. The molecule has 0 radical (unpaired) electrons. The van der Waals surface area contributed by atoms with E-state index in [1.165, 1.54) is 31.2 Å². The fourth-order valence-electron chi connectivity index (χ4n) is 5.16. The summed E-state index contributed by atoms with van der Waals surface area (Å²) in [4.78, 5) is 12.2. The molecular formula is C31H40ClNO2. The average Bonchev–Trinajstić information content (AvgIpc) is 2.87. The second kappa shape index (κ2) is 13.1. The highest BCUT2D eigenvalue weighted by atomic mass is 35.5. The number of nitrogens with zero attached hydrogens (tertiary/aromatic N) is 1. The summed E-state index contributed by atoms with van der Waals surface area (Å²) in [6.45, 7) is 6.30. The van der Waals surface area contributed by atoms with Crippen molar-refractivity contribution in [2.45, 2.75) is 96.3 Å². The number of nitriles is 1. The third-order valence-corrected chi connectivity index (χ3v) is 7.77.